The molecule has 168 valence electrons. The molecule has 1 fully saturated rings. The minimum absolute atomic E-state index is 0.266. The molecule has 5 atom stereocenters. The van der Waals surface area contributed by atoms with Crippen LogP contribution in [0.15, 0.2) is 12.2 Å². The number of halogens is 3. The van der Waals surface area contributed by atoms with Crippen molar-refractivity contribution in [3.63, 3.8) is 0 Å². The van der Waals surface area contributed by atoms with Gasteiger partial charge in [0.25, 0.3) is 0 Å². The number of alkyl halides is 3. The Kier molecular flexibility index (Phi) is 8.24. The summed E-state index contributed by atoms with van der Waals surface area (Å²) in [6.07, 6.45) is -0.0958. The molecule has 1 unspecified atom stereocenters. The number of nitrogens with zero attached hydrogens (tertiary/aromatic N) is 1. The zero-order valence-electron chi connectivity index (χ0n) is 16.5. The predicted octanol–water partition coefficient (Wildman–Crippen LogP) is 2.69. The van der Waals surface area contributed by atoms with Crippen LogP contribution in [-0.2, 0) is 33.3 Å². The average molecular weight is 487 g/mol. The highest BCUT2D eigenvalue weighted by atomic mass is 35.6. The van der Waals surface area contributed by atoms with Gasteiger partial charge in [0, 0.05) is 20.8 Å². The number of hydrogen-bond acceptors (Lipinski definition) is 8. The summed E-state index contributed by atoms with van der Waals surface area (Å²) in [4.78, 5) is 49.5. The lowest BCUT2D eigenvalue weighted by molar-refractivity contribution is -0.210. The zero-order chi connectivity index (χ0) is 22.6. The molecule has 9 nitrogen and oxygen atoms in total. The lowest BCUT2D eigenvalue weighted by atomic mass is 9.86. The van der Waals surface area contributed by atoms with Crippen molar-refractivity contribution in [3.05, 3.63) is 12.2 Å². The highest BCUT2D eigenvalue weighted by Crippen LogP contribution is 2.37. The van der Waals surface area contributed by atoms with E-state index in [4.69, 9.17) is 53.8 Å². The third-order valence-corrected chi connectivity index (χ3v) is 4.85. The molecule has 0 radical (unpaired) electrons. The van der Waals surface area contributed by atoms with Crippen LogP contribution in [0.1, 0.15) is 33.6 Å². The Morgan fingerprint density at radius 3 is 1.60 bits per heavy atom. The van der Waals surface area contributed by atoms with Gasteiger partial charge in [-0.25, -0.2) is 4.79 Å². The second-order valence-electron chi connectivity index (χ2n) is 6.88. The maximum Gasteiger partial charge on any atom is 0.410 e. The van der Waals surface area contributed by atoms with Crippen LogP contribution in [0.3, 0.4) is 0 Å². The number of piperidine rings is 1. The third-order valence-electron chi connectivity index (χ3n) is 4.52. The lowest BCUT2D eigenvalue weighted by Gasteiger charge is -2.50. The summed E-state index contributed by atoms with van der Waals surface area (Å²) < 4.78 is 19.5. The van der Waals surface area contributed by atoms with Crippen molar-refractivity contribution in [2.75, 3.05) is 6.61 Å². The molecule has 1 amide bonds. The van der Waals surface area contributed by atoms with Gasteiger partial charge in [-0.1, -0.05) is 47.0 Å². The van der Waals surface area contributed by atoms with Crippen LogP contribution in [-0.4, -0.2) is 69.7 Å². The molecule has 2 aliphatic heterocycles. The first-order chi connectivity index (χ1) is 13.9. The summed E-state index contributed by atoms with van der Waals surface area (Å²) in [5.74, 6) is -1.99. The number of fused-ring (bicyclic) bond motifs is 2. The van der Waals surface area contributed by atoms with Crippen molar-refractivity contribution in [3.8, 4) is 0 Å². The van der Waals surface area contributed by atoms with E-state index in [-0.39, 0.29) is 12.8 Å². The topological polar surface area (TPSA) is 108 Å². The molecule has 2 rings (SSSR count). The number of ether oxygens (including phenoxy) is 4. The van der Waals surface area contributed by atoms with Gasteiger partial charge in [0.1, 0.15) is 6.61 Å². The maximum absolute atomic E-state index is 12.9. The van der Waals surface area contributed by atoms with E-state index in [9.17, 15) is 19.2 Å². The highest BCUT2D eigenvalue weighted by Gasteiger charge is 2.56. The Bertz CT molecular complexity index is 687. The van der Waals surface area contributed by atoms with Crippen molar-refractivity contribution in [2.45, 2.75) is 67.8 Å². The van der Waals surface area contributed by atoms with Crippen molar-refractivity contribution < 1.29 is 38.1 Å². The number of amides is 1. The molecule has 2 aliphatic rings. The molecule has 0 aliphatic carbocycles. The fourth-order valence-electron chi connectivity index (χ4n) is 3.64. The molecule has 12 heteroatoms. The summed E-state index contributed by atoms with van der Waals surface area (Å²) in [7, 11) is 0. The largest absolute Gasteiger partial charge is 0.456 e. The second-order valence-corrected chi connectivity index (χ2v) is 9.39. The minimum Gasteiger partial charge on any atom is -0.456 e. The van der Waals surface area contributed by atoms with Gasteiger partial charge in [-0.15, -0.1) is 0 Å². The molecule has 0 saturated carbocycles. The summed E-state index contributed by atoms with van der Waals surface area (Å²) in [5.41, 5.74) is 0. The molecule has 2 bridgehead atoms. The van der Waals surface area contributed by atoms with Crippen molar-refractivity contribution in [2.24, 2.45) is 0 Å². The minimum atomic E-state index is -1.83. The predicted molar refractivity (Wildman–Crippen MR) is 106 cm³/mol. The van der Waals surface area contributed by atoms with Gasteiger partial charge in [-0.05, 0) is 12.8 Å². The van der Waals surface area contributed by atoms with Crippen LogP contribution >= 0.6 is 34.8 Å². The molecule has 0 aromatic heterocycles. The zero-order valence-corrected chi connectivity index (χ0v) is 18.8. The first kappa shape index (κ1) is 24.6. The smallest absolute Gasteiger partial charge is 0.410 e. The number of carbonyl (C=O) groups excluding carboxylic acids is 4. The SMILES string of the molecule is CC(=O)OC1[C@@H](OC(C)=O)[C@H]2CC=CC[C@@H]([C@H]1OC(C)=O)N2C(=O)OCC(Cl)(Cl)Cl. The Balaban J connectivity index is 2.48. The summed E-state index contributed by atoms with van der Waals surface area (Å²) in [6, 6.07) is -1.53. The van der Waals surface area contributed by atoms with Crippen LogP contribution in [0.5, 0.6) is 0 Å². The van der Waals surface area contributed by atoms with E-state index < -0.39 is 64.8 Å². The van der Waals surface area contributed by atoms with E-state index in [1.54, 1.807) is 12.2 Å². The van der Waals surface area contributed by atoms with E-state index in [1.807, 2.05) is 0 Å². The summed E-state index contributed by atoms with van der Waals surface area (Å²) in [5, 5.41) is 0. The van der Waals surface area contributed by atoms with Crippen molar-refractivity contribution in [1.82, 2.24) is 4.90 Å². The van der Waals surface area contributed by atoms with Gasteiger partial charge >= 0.3 is 24.0 Å². The molecule has 0 aromatic rings. The molecular formula is C18H22Cl3NO8. The molecule has 1 saturated heterocycles. The fourth-order valence-corrected chi connectivity index (χ4v) is 3.81. The Labute approximate surface area is 188 Å². The molecule has 0 N–H and O–H groups in total. The Morgan fingerprint density at radius 1 is 0.833 bits per heavy atom. The van der Waals surface area contributed by atoms with Gasteiger partial charge in [0.05, 0.1) is 12.1 Å². The van der Waals surface area contributed by atoms with E-state index in [0.29, 0.717) is 0 Å². The monoisotopic (exact) mass is 485 g/mol. The first-order valence-electron chi connectivity index (χ1n) is 9.09. The first-order valence-corrected chi connectivity index (χ1v) is 10.2. The van der Waals surface area contributed by atoms with E-state index in [2.05, 4.69) is 0 Å². The molecule has 2 heterocycles. The summed E-state index contributed by atoms with van der Waals surface area (Å²) in [6.45, 7) is 3.01. The second kappa shape index (κ2) is 10.1. The van der Waals surface area contributed by atoms with Crippen LogP contribution in [0.2, 0.25) is 0 Å². The lowest BCUT2D eigenvalue weighted by Crippen LogP contribution is -2.69. The molecule has 30 heavy (non-hydrogen) atoms. The average Bonchev–Trinajstić information content (AvgIpc) is 2.78. The van der Waals surface area contributed by atoms with Crippen molar-refractivity contribution in [1.29, 1.82) is 0 Å². The third kappa shape index (κ3) is 6.39. The van der Waals surface area contributed by atoms with Crippen LogP contribution in [0, 0.1) is 0 Å². The quantitative estimate of drug-likeness (QED) is 0.258. The van der Waals surface area contributed by atoms with Crippen LogP contribution < -0.4 is 0 Å². The van der Waals surface area contributed by atoms with Gasteiger partial charge < -0.3 is 18.9 Å². The van der Waals surface area contributed by atoms with Crippen LogP contribution in [0.4, 0.5) is 4.79 Å². The number of esters is 3. The van der Waals surface area contributed by atoms with E-state index >= 15 is 0 Å². The van der Waals surface area contributed by atoms with Crippen molar-refractivity contribution >= 4 is 58.8 Å². The van der Waals surface area contributed by atoms with Gasteiger partial charge in [-0.3, -0.25) is 19.3 Å². The number of rotatable bonds is 4. The maximum atomic E-state index is 12.9. The van der Waals surface area contributed by atoms with Crippen LogP contribution in [0.25, 0.3) is 0 Å². The molecular weight excluding hydrogens is 465 g/mol. The number of carbonyl (C=O) groups is 4. The molecule has 0 spiro atoms. The van der Waals surface area contributed by atoms with Gasteiger partial charge in [0.2, 0.25) is 3.79 Å². The van der Waals surface area contributed by atoms with Gasteiger partial charge in [-0.2, -0.15) is 0 Å². The fraction of sp³-hybridized carbons (Fsp3) is 0.667. The normalized spacial score (nSPS) is 28.2. The van der Waals surface area contributed by atoms with E-state index in [0.717, 1.165) is 0 Å². The number of hydrogen-bond donors (Lipinski definition) is 0. The molecule has 0 aromatic carbocycles. The van der Waals surface area contributed by atoms with Gasteiger partial charge in [0.15, 0.2) is 18.3 Å². The Hall–Kier alpha value is -1.71. The highest BCUT2D eigenvalue weighted by molar-refractivity contribution is 6.67. The summed E-state index contributed by atoms with van der Waals surface area (Å²) >= 11 is 17.0. The standard InChI is InChI=1S/C18H22Cl3NO8/c1-9(23)28-14-12-6-4-5-7-13(22(12)17(26)27-8-18(19,20)21)15(29-10(2)24)16(14)30-11(3)25/h4-5,12-16H,6-8H2,1-3H3/t12-,13+,14+,15-,16?. The Morgan fingerprint density at radius 2 is 1.23 bits per heavy atom. The van der Waals surface area contributed by atoms with E-state index in [1.165, 1.54) is 25.7 Å².